The van der Waals surface area contributed by atoms with Crippen LogP contribution in [0.15, 0.2) is 85.2 Å². The van der Waals surface area contributed by atoms with Crippen LogP contribution in [0.25, 0.3) is 11.3 Å². The number of benzene rings is 2. The van der Waals surface area contributed by atoms with E-state index in [1.165, 1.54) is 0 Å². The van der Waals surface area contributed by atoms with E-state index in [1.807, 2.05) is 60.7 Å². The maximum absolute atomic E-state index is 5.88. The monoisotopic (exact) mass is 444 g/mol. The van der Waals surface area contributed by atoms with Gasteiger partial charge in [-0.25, -0.2) is 4.98 Å². The van der Waals surface area contributed by atoms with Crippen molar-refractivity contribution >= 4 is 0 Å². The second-order valence-electron chi connectivity index (χ2n) is 5.40. The minimum Gasteiger partial charge on any atom is -0.503 e. The molecule has 2 aromatic heterocycles. The molecule has 0 saturated heterocycles. The van der Waals surface area contributed by atoms with Crippen molar-refractivity contribution in [2.24, 2.45) is 0 Å². The normalized spacial score (nSPS) is 9.93. The molecule has 0 N–H and O–H groups in total. The molecule has 0 fully saturated rings. The molecule has 134 valence electrons. The zero-order chi connectivity index (χ0) is 17.6. The summed E-state index contributed by atoms with van der Waals surface area (Å²) in [6, 6.07) is 28.7. The van der Waals surface area contributed by atoms with Crippen molar-refractivity contribution in [2.75, 3.05) is 0 Å². The SMILES string of the molecule is [Pd+2].[c-]1c(Oc2[c-]c(-c3ccccn3)ccc2)cccc1Oc1ccccn1. The van der Waals surface area contributed by atoms with Gasteiger partial charge < -0.3 is 14.5 Å². The zero-order valence-corrected chi connectivity index (χ0v) is 15.7. The summed E-state index contributed by atoms with van der Waals surface area (Å²) in [5.41, 5.74) is 1.71. The van der Waals surface area contributed by atoms with Gasteiger partial charge in [-0.3, -0.25) is 0 Å². The molecule has 0 aliphatic carbocycles. The Balaban J connectivity index is 0.00000210. The summed E-state index contributed by atoms with van der Waals surface area (Å²) in [6.45, 7) is 0. The van der Waals surface area contributed by atoms with Crippen LogP contribution in [0.3, 0.4) is 0 Å². The molecule has 2 heterocycles. The first-order valence-corrected chi connectivity index (χ1v) is 8.10. The van der Waals surface area contributed by atoms with Gasteiger partial charge in [0.05, 0.1) is 0 Å². The van der Waals surface area contributed by atoms with Crippen LogP contribution in [0.2, 0.25) is 0 Å². The van der Waals surface area contributed by atoms with Crippen molar-refractivity contribution in [3.05, 3.63) is 97.3 Å². The van der Waals surface area contributed by atoms with Crippen molar-refractivity contribution in [3.8, 4) is 34.4 Å². The summed E-state index contributed by atoms with van der Waals surface area (Å²) in [6.07, 6.45) is 3.43. The molecule has 4 rings (SSSR count). The van der Waals surface area contributed by atoms with Gasteiger partial charge in [0, 0.05) is 35.7 Å². The van der Waals surface area contributed by atoms with Crippen LogP contribution in [0.4, 0.5) is 0 Å². The largest absolute Gasteiger partial charge is 2.00 e. The number of ether oxygens (including phenoxy) is 2. The minimum absolute atomic E-state index is 0. The van der Waals surface area contributed by atoms with Gasteiger partial charge in [0.1, 0.15) is 0 Å². The fourth-order valence-corrected chi connectivity index (χ4v) is 2.36. The molecule has 0 bridgehead atoms. The van der Waals surface area contributed by atoms with Gasteiger partial charge in [0.2, 0.25) is 5.88 Å². The summed E-state index contributed by atoms with van der Waals surface area (Å²) in [4.78, 5) is 8.47. The Morgan fingerprint density at radius 1 is 0.593 bits per heavy atom. The molecule has 4 aromatic rings. The summed E-state index contributed by atoms with van der Waals surface area (Å²) in [5.74, 6) is 2.15. The standard InChI is InChI=1S/C22H14N2O2.Pd/c1-3-13-23-21(11-1)17-7-5-8-18(15-17)25-19-9-6-10-20(16-19)26-22-12-2-4-14-24-22;/h1-14H;/q-2;+2. The van der Waals surface area contributed by atoms with Crippen molar-refractivity contribution < 1.29 is 29.9 Å². The fraction of sp³-hybridized carbons (Fsp3) is 0. The van der Waals surface area contributed by atoms with Crippen molar-refractivity contribution in [1.82, 2.24) is 9.97 Å². The van der Waals surface area contributed by atoms with Gasteiger partial charge in [0.25, 0.3) is 0 Å². The third-order valence-corrected chi connectivity index (χ3v) is 3.52. The van der Waals surface area contributed by atoms with Crippen LogP contribution >= 0.6 is 0 Å². The Hall–Kier alpha value is -3.00. The van der Waals surface area contributed by atoms with Crippen molar-refractivity contribution in [3.63, 3.8) is 0 Å². The van der Waals surface area contributed by atoms with E-state index in [-0.39, 0.29) is 20.4 Å². The Kier molecular flexibility index (Phi) is 6.32. The molecule has 0 atom stereocenters. The molecule has 0 saturated carbocycles. The number of hydrogen-bond acceptors (Lipinski definition) is 4. The molecule has 0 amide bonds. The zero-order valence-electron chi connectivity index (χ0n) is 14.1. The second-order valence-corrected chi connectivity index (χ2v) is 5.40. The number of pyridine rings is 2. The fourth-order valence-electron chi connectivity index (χ4n) is 2.36. The predicted octanol–water partition coefficient (Wildman–Crippen LogP) is 5.33. The molecular formula is C22H14N2O2Pd. The van der Waals surface area contributed by atoms with Crippen molar-refractivity contribution in [1.29, 1.82) is 0 Å². The minimum atomic E-state index is 0. The number of aromatic nitrogens is 2. The van der Waals surface area contributed by atoms with Gasteiger partial charge >= 0.3 is 20.4 Å². The quantitative estimate of drug-likeness (QED) is 0.308. The van der Waals surface area contributed by atoms with Crippen LogP contribution in [-0.2, 0) is 20.4 Å². The first kappa shape index (κ1) is 18.8. The smallest absolute Gasteiger partial charge is 0.503 e. The maximum Gasteiger partial charge on any atom is 2.00 e. The summed E-state index contributed by atoms with van der Waals surface area (Å²) < 4.78 is 11.6. The van der Waals surface area contributed by atoms with E-state index in [0.29, 0.717) is 23.1 Å². The van der Waals surface area contributed by atoms with E-state index in [0.717, 1.165) is 11.3 Å². The van der Waals surface area contributed by atoms with Gasteiger partial charge in [-0.1, -0.05) is 30.3 Å². The van der Waals surface area contributed by atoms with E-state index >= 15 is 0 Å². The third kappa shape index (κ3) is 5.01. The number of hydrogen-bond donors (Lipinski definition) is 0. The average molecular weight is 445 g/mol. The first-order chi connectivity index (χ1) is 12.9. The van der Waals surface area contributed by atoms with Crippen LogP contribution in [0.5, 0.6) is 23.1 Å². The average Bonchev–Trinajstić information content (AvgIpc) is 2.70. The molecule has 0 radical (unpaired) electrons. The summed E-state index contributed by atoms with van der Waals surface area (Å²) in [7, 11) is 0. The maximum atomic E-state index is 5.88. The van der Waals surface area contributed by atoms with Gasteiger partial charge in [-0.05, 0) is 17.8 Å². The molecule has 0 spiro atoms. The third-order valence-electron chi connectivity index (χ3n) is 3.52. The molecule has 0 aliphatic heterocycles. The molecule has 0 aliphatic rings. The van der Waals surface area contributed by atoms with Gasteiger partial charge in [0.15, 0.2) is 0 Å². The van der Waals surface area contributed by atoms with Gasteiger partial charge in [-0.15, -0.1) is 35.9 Å². The van der Waals surface area contributed by atoms with E-state index in [9.17, 15) is 0 Å². The number of rotatable bonds is 5. The van der Waals surface area contributed by atoms with Crippen LogP contribution in [0.1, 0.15) is 0 Å². The Bertz CT molecular complexity index is 995. The molecular weight excluding hydrogens is 431 g/mol. The second kappa shape index (κ2) is 9.09. The molecule has 27 heavy (non-hydrogen) atoms. The Labute approximate surface area is 171 Å². The topological polar surface area (TPSA) is 44.2 Å². The summed E-state index contributed by atoms with van der Waals surface area (Å²) in [5, 5.41) is 0. The van der Waals surface area contributed by atoms with Crippen LogP contribution < -0.4 is 9.47 Å². The van der Waals surface area contributed by atoms with Crippen molar-refractivity contribution in [2.45, 2.75) is 0 Å². The first-order valence-electron chi connectivity index (χ1n) is 8.10. The molecule has 0 unspecified atom stereocenters. The predicted molar refractivity (Wildman–Crippen MR) is 98.2 cm³/mol. The van der Waals surface area contributed by atoms with E-state index in [2.05, 4.69) is 22.1 Å². The van der Waals surface area contributed by atoms with Gasteiger partial charge in [-0.2, -0.15) is 6.07 Å². The Morgan fingerprint density at radius 2 is 1.26 bits per heavy atom. The van der Waals surface area contributed by atoms with E-state index in [1.54, 1.807) is 24.5 Å². The van der Waals surface area contributed by atoms with E-state index < -0.39 is 0 Å². The van der Waals surface area contributed by atoms with Crippen LogP contribution in [0, 0.1) is 12.1 Å². The number of nitrogens with zero attached hydrogens (tertiary/aromatic N) is 2. The van der Waals surface area contributed by atoms with Crippen LogP contribution in [-0.4, -0.2) is 9.97 Å². The Morgan fingerprint density at radius 3 is 1.96 bits per heavy atom. The molecule has 5 heteroatoms. The molecule has 2 aromatic carbocycles. The van der Waals surface area contributed by atoms with E-state index in [4.69, 9.17) is 9.47 Å². The summed E-state index contributed by atoms with van der Waals surface area (Å²) >= 11 is 0. The molecule has 4 nitrogen and oxygen atoms in total.